The molecule has 2 N–H and O–H groups in total. The number of piperidine rings is 1. The van der Waals surface area contributed by atoms with Crippen molar-refractivity contribution in [3.05, 3.63) is 47.2 Å². The molecule has 2 aromatic heterocycles. The number of hydrogen-bond donors (Lipinski definition) is 2. The molecule has 0 spiro atoms. The van der Waals surface area contributed by atoms with E-state index in [1.54, 1.807) is 13.2 Å². The Morgan fingerprint density at radius 2 is 1.91 bits per heavy atom. The van der Waals surface area contributed by atoms with Gasteiger partial charge in [0.15, 0.2) is 5.96 Å². The highest BCUT2D eigenvalue weighted by molar-refractivity contribution is 14.0. The molecular formula is C23H33ClIN7. The van der Waals surface area contributed by atoms with Gasteiger partial charge in [0.1, 0.15) is 11.6 Å². The van der Waals surface area contributed by atoms with Crippen LogP contribution in [0, 0.1) is 5.92 Å². The van der Waals surface area contributed by atoms with E-state index in [1.807, 2.05) is 18.3 Å². The van der Waals surface area contributed by atoms with Gasteiger partial charge in [-0.1, -0.05) is 24.6 Å². The lowest BCUT2D eigenvalue weighted by Gasteiger charge is -2.31. The molecule has 2 aliphatic heterocycles. The molecule has 32 heavy (non-hydrogen) atoms. The predicted octanol–water partition coefficient (Wildman–Crippen LogP) is 3.93. The van der Waals surface area contributed by atoms with Gasteiger partial charge in [-0.25, -0.2) is 9.97 Å². The van der Waals surface area contributed by atoms with E-state index >= 15 is 0 Å². The number of anilines is 2. The van der Waals surface area contributed by atoms with E-state index in [1.165, 1.54) is 12.8 Å². The Kier molecular flexibility index (Phi) is 9.22. The molecular weight excluding hydrogens is 537 g/mol. The average molecular weight is 570 g/mol. The van der Waals surface area contributed by atoms with E-state index in [9.17, 15) is 0 Å². The van der Waals surface area contributed by atoms with Crippen molar-refractivity contribution in [1.29, 1.82) is 0 Å². The second-order valence-corrected chi connectivity index (χ2v) is 8.91. The number of aromatic nitrogens is 2. The minimum absolute atomic E-state index is 0. The smallest absolute Gasteiger partial charge is 0.191 e. The maximum absolute atomic E-state index is 6.30. The van der Waals surface area contributed by atoms with Gasteiger partial charge in [0.05, 0.1) is 5.02 Å². The molecule has 0 radical (unpaired) electrons. The Labute approximate surface area is 213 Å². The van der Waals surface area contributed by atoms with E-state index < -0.39 is 0 Å². The van der Waals surface area contributed by atoms with Crippen molar-refractivity contribution in [2.45, 2.75) is 38.8 Å². The number of nitrogens with one attached hydrogen (secondary N) is 2. The maximum atomic E-state index is 6.30. The first kappa shape index (κ1) is 24.8. The van der Waals surface area contributed by atoms with Crippen LogP contribution in [0.15, 0.2) is 41.7 Å². The van der Waals surface area contributed by atoms with Gasteiger partial charge in [0.2, 0.25) is 0 Å². The maximum Gasteiger partial charge on any atom is 0.191 e. The van der Waals surface area contributed by atoms with Gasteiger partial charge in [-0.05, 0) is 48.9 Å². The van der Waals surface area contributed by atoms with Crippen LogP contribution in [0.2, 0.25) is 5.02 Å². The summed E-state index contributed by atoms with van der Waals surface area (Å²) >= 11 is 6.30. The van der Waals surface area contributed by atoms with Gasteiger partial charge in [0, 0.05) is 58.2 Å². The van der Waals surface area contributed by atoms with Crippen LogP contribution in [0.5, 0.6) is 0 Å². The average Bonchev–Trinajstić information content (AvgIpc) is 3.26. The van der Waals surface area contributed by atoms with Crippen LogP contribution in [0.25, 0.3) is 0 Å². The number of guanidine groups is 1. The molecule has 0 aromatic carbocycles. The zero-order chi connectivity index (χ0) is 21.6. The van der Waals surface area contributed by atoms with Gasteiger partial charge < -0.3 is 20.4 Å². The zero-order valence-electron chi connectivity index (χ0n) is 18.8. The summed E-state index contributed by atoms with van der Waals surface area (Å²) in [5, 5.41) is 7.62. The van der Waals surface area contributed by atoms with E-state index in [0.717, 1.165) is 61.7 Å². The number of halogens is 2. The molecule has 2 aliphatic rings. The van der Waals surface area contributed by atoms with Gasteiger partial charge in [-0.2, -0.15) is 0 Å². The molecule has 174 valence electrons. The van der Waals surface area contributed by atoms with Crippen LogP contribution < -0.4 is 20.4 Å². The molecule has 1 unspecified atom stereocenters. The molecule has 0 amide bonds. The Hall–Kier alpha value is -1.81. The Balaban J connectivity index is 0.00000289. The van der Waals surface area contributed by atoms with Crippen molar-refractivity contribution < 1.29 is 0 Å². The molecule has 1 atom stereocenters. The van der Waals surface area contributed by atoms with Crippen molar-refractivity contribution >= 4 is 53.2 Å². The summed E-state index contributed by atoms with van der Waals surface area (Å²) in [6.45, 7) is 6.99. The van der Waals surface area contributed by atoms with Crippen LogP contribution in [0.1, 0.15) is 31.7 Å². The quantitative estimate of drug-likeness (QED) is 0.323. The summed E-state index contributed by atoms with van der Waals surface area (Å²) in [4.78, 5) is 18.1. The summed E-state index contributed by atoms with van der Waals surface area (Å²) in [5.41, 5.74) is 1.14. The third kappa shape index (κ3) is 6.37. The Morgan fingerprint density at radius 3 is 2.59 bits per heavy atom. The van der Waals surface area contributed by atoms with Gasteiger partial charge in [-0.15, -0.1) is 24.0 Å². The van der Waals surface area contributed by atoms with Crippen LogP contribution in [0.4, 0.5) is 11.6 Å². The minimum Gasteiger partial charge on any atom is -0.357 e. The molecule has 2 fully saturated rings. The van der Waals surface area contributed by atoms with Crippen LogP contribution in [-0.4, -0.2) is 55.2 Å². The summed E-state index contributed by atoms with van der Waals surface area (Å²) in [6, 6.07) is 8.33. The fourth-order valence-electron chi connectivity index (χ4n) is 4.20. The monoisotopic (exact) mass is 569 g/mol. The molecule has 4 heterocycles. The molecule has 2 saturated heterocycles. The summed E-state index contributed by atoms with van der Waals surface area (Å²) < 4.78 is 0. The largest absolute Gasteiger partial charge is 0.357 e. The highest BCUT2D eigenvalue weighted by atomic mass is 127. The molecule has 7 nitrogen and oxygen atoms in total. The van der Waals surface area contributed by atoms with E-state index in [0.29, 0.717) is 17.6 Å². The molecule has 2 aromatic rings. The van der Waals surface area contributed by atoms with Crippen LogP contribution in [-0.2, 0) is 6.54 Å². The topological polar surface area (TPSA) is 68.7 Å². The van der Waals surface area contributed by atoms with Gasteiger partial charge in [0.25, 0.3) is 0 Å². The first-order valence-electron chi connectivity index (χ1n) is 11.1. The number of aliphatic imine (C=N–C) groups is 1. The van der Waals surface area contributed by atoms with Crippen LogP contribution in [0.3, 0.4) is 0 Å². The van der Waals surface area contributed by atoms with Crippen molar-refractivity contribution in [3.63, 3.8) is 0 Å². The first-order chi connectivity index (χ1) is 15.1. The van der Waals surface area contributed by atoms with Gasteiger partial charge in [-0.3, -0.25) is 4.99 Å². The fourth-order valence-corrected chi connectivity index (χ4v) is 4.44. The zero-order valence-corrected chi connectivity index (χ0v) is 21.9. The van der Waals surface area contributed by atoms with Crippen molar-refractivity contribution in [1.82, 2.24) is 20.6 Å². The lowest BCUT2D eigenvalue weighted by Crippen LogP contribution is -2.44. The molecule has 9 heteroatoms. The van der Waals surface area contributed by atoms with E-state index in [2.05, 4.69) is 54.5 Å². The van der Waals surface area contributed by atoms with Crippen molar-refractivity contribution in [2.75, 3.05) is 43.0 Å². The third-order valence-electron chi connectivity index (χ3n) is 6.17. The third-order valence-corrected chi connectivity index (χ3v) is 6.46. The lowest BCUT2D eigenvalue weighted by atomic mass is 9.99. The van der Waals surface area contributed by atoms with Crippen LogP contribution >= 0.6 is 35.6 Å². The Bertz CT molecular complexity index is 884. The highest BCUT2D eigenvalue weighted by Gasteiger charge is 2.25. The second kappa shape index (κ2) is 11.9. The molecule has 0 bridgehead atoms. The summed E-state index contributed by atoms with van der Waals surface area (Å²) in [5.74, 6) is 3.56. The number of hydrogen-bond acceptors (Lipinski definition) is 5. The Morgan fingerprint density at radius 1 is 1.12 bits per heavy atom. The van der Waals surface area contributed by atoms with Crippen molar-refractivity contribution in [3.8, 4) is 0 Å². The highest BCUT2D eigenvalue weighted by Crippen LogP contribution is 2.26. The molecule has 4 rings (SSSR count). The lowest BCUT2D eigenvalue weighted by molar-refractivity contribution is 0.436. The summed E-state index contributed by atoms with van der Waals surface area (Å²) in [6.07, 6.45) is 7.26. The number of pyridine rings is 2. The van der Waals surface area contributed by atoms with Crippen molar-refractivity contribution in [2.24, 2.45) is 10.9 Å². The van der Waals surface area contributed by atoms with Gasteiger partial charge >= 0.3 is 0 Å². The SMILES string of the molecule is CN=C(NCc1ccc(N2CCC(C)CC2)nc1)NC1CCN(c2ncccc2Cl)C1.I. The number of nitrogens with zero attached hydrogens (tertiary/aromatic N) is 5. The fraction of sp³-hybridized carbons (Fsp3) is 0.522. The standard InChI is InChI=1S/C23H32ClN7.HI/c1-17-7-11-30(12-8-17)21-6-5-18(14-27-21)15-28-23(25-2)29-19-9-13-31(16-19)22-20(24)4-3-10-26-22;/h3-6,10,14,17,19H,7-9,11-13,15-16H2,1-2H3,(H2,25,28,29);1H. The minimum atomic E-state index is 0. The second-order valence-electron chi connectivity index (χ2n) is 8.50. The number of rotatable bonds is 5. The normalized spacial score (nSPS) is 19.6. The van der Waals surface area contributed by atoms with E-state index in [-0.39, 0.29) is 24.0 Å². The molecule has 0 aliphatic carbocycles. The summed E-state index contributed by atoms with van der Waals surface area (Å²) in [7, 11) is 1.80. The molecule has 0 saturated carbocycles. The predicted molar refractivity (Wildman–Crippen MR) is 143 cm³/mol. The van der Waals surface area contributed by atoms with E-state index in [4.69, 9.17) is 11.6 Å². The first-order valence-corrected chi connectivity index (χ1v) is 11.5.